The van der Waals surface area contributed by atoms with Gasteiger partial charge in [-0.2, -0.15) is 0 Å². The van der Waals surface area contributed by atoms with Crippen LogP contribution in [0.1, 0.15) is 37.0 Å². The monoisotopic (exact) mass is 294 g/mol. The van der Waals surface area contributed by atoms with Crippen LogP contribution in [0.5, 0.6) is 0 Å². The third-order valence-corrected chi connectivity index (χ3v) is 4.29. The maximum absolute atomic E-state index is 12.0. The Morgan fingerprint density at radius 2 is 1.90 bits per heavy atom. The lowest BCUT2D eigenvalue weighted by Crippen LogP contribution is -2.41. The molecule has 3 nitrogen and oxygen atoms in total. The SMILES string of the molecule is CC(C)N1CCC(CNC(=O)c2ccc(Cl)cc2)CC1. The van der Waals surface area contributed by atoms with Crippen molar-refractivity contribution in [2.75, 3.05) is 19.6 Å². The van der Waals surface area contributed by atoms with Crippen molar-refractivity contribution in [1.29, 1.82) is 0 Å². The summed E-state index contributed by atoms with van der Waals surface area (Å²) in [5.41, 5.74) is 0.675. The number of hydrogen-bond donors (Lipinski definition) is 1. The van der Waals surface area contributed by atoms with Crippen LogP contribution in [0.3, 0.4) is 0 Å². The molecule has 0 aromatic heterocycles. The first-order valence-electron chi connectivity index (χ1n) is 7.34. The number of piperidine rings is 1. The molecule has 20 heavy (non-hydrogen) atoms. The highest BCUT2D eigenvalue weighted by Crippen LogP contribution is 2.18. The number of hydrogen-bond acceptors (Lipinski definition) is 2. The van der Waals surface area contributed by atoms with E-state index in [0.717, 1.165) is 19.6 Å². The van der Waals surface area contributed by atoms with Gasteiger partial charge in [-0.15, -0.1) is 0 Å². The second-order valence-electron chi connectivity index (χ2n) is 5.79. The van der Waals surface area contributed by atoms with E-state index in [1.807, 2.05) is 0 Å². The van der Waals surface area contributed by atoms with Crippen LogP contribution in [-0.4, -0.2) is 36.5 Å². The minimum Gasteiger partial charge on any atom is -0.352 e. The van der Waals surface area contributed by atoms with Gasteiger partial charge in [-0.1, -0.05) is 11.6 Å². The predicted molar refractivity (Wildman–Crippen MR) is 83.2 cm³/mol. The quantitative estimate of drug-likeness (QED) is 0.925. The standard InChI is InChI=1S/C16H23ClN2O/c1-12(2)19-9-7-13(8-10-19)11-18-16(20)14-3-5-15(17)6-4-14/h3-6,12-13H,7-11H2,1-2H3,(H,18,20). The number of amides is 1. The minimum absolute atomic E-state index is 0.00652. The smallest absolute Gasteiger partial charge is 0.251 e. The van der Waals surface area contributed by atoms with E-state index in [4.69, 9.17) is 11.6 Å². The van der Waals surface area contributed by atoms with Crippen molar-refractivity contribution in [3.63, 3.8) is 0 Å². The number of rotatable bonds is 4. The van der Waals surface area contributed by atoms with E-state index >= 15 is 0 Å². The number of nitrogens with zero attached hydrogens (tertiary/aromatic N) is 1. The van der Waals surface area contributed by atoms with Crippen molar-refractivity contribution < 1.29 is 4.79 Å². The number of carbonyl (C=O) groups excluding carboxylic acids is 1. The van der Waals surface area contributed by atoms with Crippen molar-refractivity contribution in [3.8, 4) is 0 Å². The molecule has 4 heteroatoms. The Morgan fingerprint density at radius 1 is 1.30 bits per heavy atom. The molecule has 1 aliphatic rings. The summed E-state index contributed by atoms with van der Waals surface area (Å²) in [6.07, 6.45) is 2.33. The molecule has 1 heterocycles. The molecule has 1 saturated heterocycles. The molecule has 1 aromatic rings. The van der Waals surface area contributed by atoms with E-state index in [-0.39, 0.29) is 5.91 Å². The molecule has 1 aliphatic heterocycles. The fourth-order valence-electron chi connectivity index (χ4n) is 2.61. The first-order chi connectivity index (χ1) is 9.56. The molecule has 0 saturated carbocycles. The van der Waals surface area contributed by atoms with E-state index in [0.29, 0.717) is 22.5 Å². The van der Waals surface area contributed by atoms with Gasteiger partial charge in [0.2, 0.25) is 0 Å². The molecule has 1 fully saturated rings. The van der Waals surface area contributed by atoms with Crippen LogP contribution in [0.25, 0.3) is 0 Å². The van der Waals surface area contributed by atoms with Crippen molar-refractivity contribution in [1.82, 2.24) is 10.2 Å². The molecular formula is C16H23ClN2O. The molecule has 0 aliphatic carbocycles. The molecular weight excluding hydrogens is 272 g/mol. The second-order valence-corrected chi connectivity index (χ2v) is 6.23. The lowest BCUT2D eigenvalue weighted by molar-refractivity contribution is 0.0929. The zero-order chi connectivity index (χ0) is 14.5. The molecule has 2 rings (SSSR count). The van der Waals surface area contributed by atoms with E-state index < -0.39 is 0 Å². The maximum Gasteiger partial charge on any atom is 0.251 e. The lowest BCUT2D eigenvalue weighted by atomic mass is 9.96. The van der Waals surface area contributed by atoms with E-state index in [9.17, 15) is 4.79 Å². The molecule has 1 N–H and O–H groups in total. The summed E-state index contributed by atoms with van der Waals surface area (Å²) in [5, 5.41) is 3.69. The second kappa shape index (κ2) is 7.09. The Kier molecular flexibility index (Phi) is 5.44. The first kappa shape index (κ1) is 15.3. The fourth-order valence-corrected chi connectivity index (χ4v) is 2.74. The molecule has 110 valence electrons. The zero-order valence-corrected chi connectivity index (χ0v) is 13.0. The van der Waals surface area contributed by atoms with Gasteiger partial charge in [-0.05, 0) is 70.0 Å². The summed E-state index contributed by atoms with van der Waals surface area (Å²) in [4.78, 5) is 14.5. The van der Waals surface area contributed by atoms with Gasteiger partial charge in [-0.3, -0.25) is 4.79 Å². The van der Waals surface area contributed by atoms with Crippen LogP contribution in [0.2, 0.25) is 5.02 Å². The Labute approximate surface area is 126 Å². The molecule has 0 unspecified atom stereocenters. The number of carbonyl (C=O) groups is 1. The molecule has 0 radical (unpaired) electrons. The highest BCUT2D eigenvalue weighted by atomic mass is 35.5. The van der Waals surface area contributed by atoms with Gasteiger partial charge in [0, 0.05) is 23.2 Å². The number of halogens is 1. The largest absolute Gasteiger partial charge is 0.352 e. The number of likely N-dealkylation sites (tertiary alicyclic amines) is 1. The highest BCUT2D eigenvalue weighted by Gasteiger charge is 2.21. The average molecular weight is 295 g/mol. The van der Waals surface area contributed by atoms with Gasteiger partial charge < -0.3 is 10.2 Å². The summed E-state index contributed by atoms with van der Waals surface area (Å²) in [6.45, 7) is 7.52. The van der Waals surface area contributed by atoms with Gasteiger partial charge in [0.1, 0.15) is 0 Å². The van der Waals surface area contributed by atoms with Crippen LogP contribution >= 0.6 is 11.6 Å². The summed E-state index contributed by atoms with van der Waals surface area (Å²) in [6, 6.07) is 7.65. The lowest BCUT2D eigenvalue weighted by Gasteiger charge is -2.34. The van der Waals surface area contributed by atoms with Crippen LogP contribution in [0.15, 0.2) is 24.3 Å². The van der Waals surface area contributed by atoms with Gasteiger partial charge in [0.05, 0.1) is 0 Å². The molecule has 1 amide bonds. The average Bonchev–Trinajstić information content (AvgIpc) is 2.46. The van der Waals surface area contributed by atoms with Gasteiger partial charge in [-0.25, -0.2) is 0 Å². The van der Waals surface area contributed by atoms with Crippen LogP contribution in [0, 0.1) is 5.92 Å². The summed E-state index contributed by atoms with van der Waals surface area (Å²) in [7, 11) is 0. The zero-order valence-electron chi connectivity index (χ0n) is 12.2. The van der Waals surface area contributed by atoms with Crippen molar-refractivity contribution in [3.05, 3.63) is 34.9 Å². The number of nitrogens with one attached hydrogen (secondary N) is 1. The van der Waals surface area contributed by atoms with Gasteiger partial charge in [0.25, 0.3) is 5.91 Å². The van der Waals surface area contributed by atoms with Crippen molar-refractivity contribution in [2.45, 2.75) is 32.7 Å². The fraction of sp³-hybridized carbons (Fsp3) is 0.562. The van der Waals surface area contributed by atoms with Crippen LogP contribution in [0.4, 0.5) is 0 Å². The van der Waals surface area contributed by atoms with E-state index in [1.54, 1.807) is 24.3 Å². The normalized spacial score (nSPS) is 17.4. The van der Waals surface area contributed by atoms with Gasteiger partial charge >= 0.3 is 0 Å². The van der Waals surface area contributed by atoms with Gasteiger partial charge in [0.15, 0.2) is 0 Å². The Morgan fingerprint density at radius 3 is 2.45 bits per heavy atom. The summed E-state index contributed by atoms with van der Waals surface area (Å²) in [5.74, 6) is 0.592. The van der Waals surface area contributed by atoms with Crippen LogP contribution < -0.4 is 5.32 Å². The Balaban J connectivity index is 1.76. The minimum atomic E-state index is -0.00652. The molecule has 0 atom stereocenters. The third kappa shape index (κ3) is 4.22. The van der Waals surface area contributed by atoms with E-state index in [2.05, 4.69) is 24.1 Å². The molecule has 1 aromatic carbocycles. The summed E-state index contributed by atoms with van der Waals surface area (Å²) < 4.78 is 0. The highest BCUT2D eigenvalue weighted by molar-refractivity contribution is 6.30. The molecule has 0 spiro atoms. The van der Waals surface area contributed by atoms with Crippen molar-refractivity contribution in [2.24, 2.45) is 5.92 Å². The first-order valence-corrected chi connectivity index (χ1v) is 7.72. The Hall–Kier alpha value is -1.06. The topological polar surface area (TPSA) is 32.3 Å². The Bertz CT molecular complexity index is 436. The van der Waals surface area contributed by atoms with Crippen LogP contribution in [-0.2, 0) is 0 Å². The van der Waals surface area contributed by atoms with Crippen molar-refractivity contribution >= 4 is 17.5 Å². The summed E-state index contributed by atoms with van der Waals surface area (Å²) >= 11 is 5.82. The predicted octanol–water partition coefficient (Wildman–Crippen LogP) is 3.19. The van der Waals surface area contributed by atoms with E-state index in [1.165, 1.54) is 12.8 Å². The number of benzene rings is 1. The third-order valence-electron chi connectivity index (χ3n) is 4.04. The maximum atomic E-state index is 12.0. The molecule has 0 bridgehead atoms.